The van der Waals surface area contributed by atoms with E-state index >= 15 is 0 Å². The summed E-state index contributed by atoms with van der Waals surface area (Å²) in [6.45, 7) is 0. The molecule has 0 saturated carbocycles. The SMILES string of the molecule is Ic1ccc(-c2ccc(-c3ccnc(-c4ccccn4)c3)cc2)cc1. The van der Waals surface area contributed by atoms with Gasteiger partial charge in [-0.3, -0.25) is 9.97 Å². The summed E-state index contributed by atoms with van der Waals surface area (Å²) >= 11 is 2.33. The number of hydrogen-bond acceptors (Lipinski definition) is 2. The van der Waals surface area contributed by atoms with E-state index in [1.807, 2.05) is 30.5 Å². The maximum atomic E-state index is 4.45. The van der Waals surface area contributed by atoms with E-state index in [9.17, 15) is 0 Å². The van der Waals surface area contributed by atoms with Crippen LogP contribution in [0.2, 0.25) is 0 Å². The van der Waals surface area contributed by atoms with E-state index in [0.717, 1.165) is 17.0 Å². The first-order valence-electron chi connectivity index (χ1n) is 8.03. The van der Waals surface area contributed by atoms with Gasteiger partial charge in [0.2, 0.25) is 0 Å². The van der Waals surface area contributed by atoms with Crippen LogP contribution in [0.5, 0.6) is 0 Å². The Bertz CT molecular complexity index is 978. The molecule has 2 aromatic heterocycles. The Kier molecular flexibility index (Phi) is 4.57. The molecule has 0 amide bonds. The summed E-state index contributed by atoms with van der Waals surface area (Å²) in [4.78, 5) is 8.83. The average Bonchev–Trinajstić information content (AvgIpc) is 2.70. The zero-order valence-electron chi connectivity index (χ0n) is 13.4. The van der Waals surface area contributed by atoms with Gasteiger partial charge in [0.1, 0.15) is 0 Å². The van der Waals surface area contributed by atoms with Gasteiger partial charge in [-0.2, -0.15) is 0 Å². The Hall–Kier alpha value is -2.53. The van der Waals surface area contributed by atoms with Crippen LogP contribution in [0.4, 0.5) is 0 Å². The zero-order chi connectivity index (χ0) is 17.1. The molecule has 25 heavy (non-hydrogen) atoms. The van der Waals surface area contributed by atoms with E-state index in [4.69, 9.17) is 0 Å². The third kappa shape index (κ3) is 3.61. The highest BCUT2D eigenvalue weighted by Crippen LogP contribution is 2.27. The molecule has 0 radical (unpaired) electrons. The van der Waals surface area contributed by atoms with Gasteiger partial charge in [-0.1, -0.05) is 42.5 Å². The molecule has 0 saturated heterocycles. The fourth-order valence-electron chi connectivity index (χ4n) is 2.76. The number of benzene rings is 2. The van der Waals surface area contributed by atoms with Crippen LogP contribution in [0.3, 0.4) is 0 Å². The third-order valence-corrected chi connectivity index (χ3v) is 4.80. The molecule has 0 spiro atoms. The summed E-state index contributed by atoms with van der Waals surface area (Å²) < 4.78 is 1.25. The standard InChI is InChI=1S/C22H15IN2/c23-20-10-8-17(9-11-20)16-4-6-18(7-5-16)19-12-14-25-22(15-19)21-3-1-2-13-24-21/h1-15H. The summed E-state index contributed by atoms with van der Waals surface area (Å²) in [5, 5.41) is 0. The normalized spacial score (nSPS) is 10.6. The van der Waals surface area contributed by atoms with Crippen molar-refractivity contribution in [2.24, 2.45) is 0 Å². The molecule has 0 fully saturated rings. The quantitative estimate of drug-likeness (QED) is 0.365. The molecule has 120 valence electrons. The predicted molar refractivity (Wildman–Crippen MR) is 111 cm³/mol. The van der Waals surface area contributed by atoms with Crippen molar-refractivity contribution in [2.45, 2.75) is 0 Å². The van der Waals surface area contributed by atoms with Crippen LogP contribution >= 0.6 is 22.6 Å². The van der Waals surface area contributed by atoms with Gasteiger partial charge < -0.3 is 0 Å². The van der Waals surface area contributed by atoms with E-state index in [0.29, 0.717) is 0 Å². The van der Waals surface area contributed by atoms with Crippen LogP contribution in [-0.4, -0.2) is 9.97 Å². The largest absolute Gasteiger partial charge is 0.255 e. The molecule has 0 bridgehead atoms. The van der Waals surface area contributed by atoms with Gasteiger partial charge >= 0.3 is 0 Å². The van der Waals surface area contributed by atoms with Crippen LogP contribution in [0.25, 0.3) is 33.6 Å². The van der Waals surface area contributed by atoms with E-state index in [1.54, 1.807) is 6.20 Å². The topological polar surface area (TPSA) is 25.8 Å². The van der Waals surface area contributed by atoms with Gasteiger partial charge in [-0.25, -0.2) is 0 Å². The van der Waals surface area contributed by atoms with Crippen LogP contribution < -0.4 is 0 Å². The lowest BCUT2D eigenvalue weighted by Crippen LogP contribution is -1.88. The Labute approximate surface area is 160 Å². The number of nitrogens with zero attached hydrogens (tertiary/aromatic N) is 2. The van der Waals surface area contributed by atoms with Gasteiger partial charge in [0.25, 0.3) is 0 Å². The molecule has 0 aliphatic rings. The van der Waals surface area contributed by atoms with Gasteiger partial charge in [0.05, 0.1) is 11.4 Å². The Morgan fingerprint density at radius 1 is 0.520 bits per heavy atom. The van der Waals surface area contributed by atoms with Gasteiger partial charge in [-0.15, -0.1) is 0 Å². The Balaban J connectivity index is 1.65. The smallest absolute Gasteiger partial charge is 0.0892 e. The molecule has 0 atom stereocenters. The van der Waals surface area contributed by atoms with Crippen molar-refractivity contribution in [1.82, 2.24) is 9.97 Å². The highest BCUT2D eigenvalue weighted by molar-refractivity contribution is 14.1. The van der Waals surface area contributed by atoms with Crippen molar-refractivity contribution in [3.63, 3.8) is 0 Å². The maximum absolute atomic E-state index is 4.45. The molecular formula is C22H15IN2. The summed E-state index contributed by atoms with van der Waals surface area (Å²) in [5.41, 5.74) is 6.55. The lowest BCUT2D eigenvalue weighted by atomic mass is 10.0. The summed E-state index contributed by atoms with van der Waals surface area (Å²) in [7, 11) is 0. The van der Waals surface area contributed by atoms with Crippen molar-refractivity contribution < 1.29 is 0 Å². The van der Waals surface area contributed by atoms with Crippen molar-refractivity contribution in [3.05, 3.63) is 94.8 Å². The second kappa shape index (κ2) is 7.15. The molecule has 3 heteroatoms. The molecular weight excluding hydrogens is 419 g/mol. The minimum atomic E-state index is 0.889. The molecule has 0 N–H and O–H groups in total. The number of hydrogen-bond donors (Lipinski definition) is 0. The second-order valence-electron chi connectivity index (χ2n) is 5.73. The molecule has 2 heterocycles. The minimum absolute atomic E-state index is 0.889. The first-order chi connectivity index (χ1) is 12.3. The number of aromatic nitrogens is 2. The van der Waals surface area contributed by atoms with Gasteiger partial charge in [0.15, 0.2) is 0 Å². The molecule has 4 rings (SSSR count). The van der Waals surface area contributed by atoms with E-state index < -0.39 is 0 Å². The lowest BCUT2D eigenvalue weighted by Gasteiger charge is -2.07. The third-order valence-electron chi connectivity index (χ3n) is 4.08. The molecule has 0 unspecified atom stereocenters. The monoisotopic (exact) mass is 434 g/mol. The molecule has 0 aliphatic heterocycles. The summed E-state index contributed by atoms with van der Waals surface area (Å²) in [6, 6.07) is 27.2. The lowest BCUT2D eigenvalue weighted by molar-refractivity contribution is 1.25. The van der Waals surface area contributed by atoms with Crippen LogP contribution in [0, 0.1) is 3.57 Å². The molecule has 4 aromatic rings. The van der Waals surface area contributed by atoms with Crippen LogP contribution in [-0.2, 0) is 0 Å². The average molecular weight is 434 g/mol. The van der Waals surface area contributed by atoms with E-state index in [1.165, 1.54) is 20.3 Å². The predicted octanol–water partition coefficient (Wildman–Crippen LogP) is 6.08. The van der Waals surface area contributed by atoms with Crippen LogP contribution in [0.15, 0.2) is 91.3 Å². The molecule has 0 aliphatic carbocycles. The maximum Gasteiger partial charge on any atom is 0.0892 e. The highest BCUT2D eigenvalue weighted by atomic mass is 127. The fourth-order valence-corrected chi connectivity index (χ4v) is 3.12. The second-order valence-corrected chi connectivity index (χ2v) is 6.97. The van der Waals surface area contributed by atoms with E-state index in [2.05, 4.69) is 87.2 Å². The first-order valence-corrected chi connectivity index (χ1v) is 9.11. The Morgan fingerprint density at radius 3 is 1.76 bits per heavy atom. The van der Waals surface area contributed by atoms with Crippen molar-refractivity contribution in [1.29, 1.82) is 0 Å². The number of rotatable bonds is 3. The van der Waals surface area contributed by atoms with Gasteiger partial charge in [-0.05, 0) is 81.2 Å². The highest BCUT2D eigenvalue weighted by Gasteiger charge is 2.04. The van der Waals surface area contributed by atoms with E-state index in [-0.39, 0.29) is 0 Å². The number of pyridine rings is 2. The minimum Gasteiger partial charge on any atom is -0.255 e. The van der Waals surface area contributed by atoms with Gasteiger partial charge in [0, 0.05) is 16.0 Å². The van der Waals surface area contributed by atoms with Crippen LogP contribution in [0.1, 0.15) is 0 Å². The first kappa shape index (κ1) is 16.0. The zero-order valence-corrected chi connectivity index (χ0v) is 15.6. The van der Waals surface area contributed by atoms with Crippen molar-refractivity contribution in [2.75, 3.05) is 0 Å². The van der Waals surface area contributed by atoms with Crippen molar-refractivity contribution in [3.8, 4) is 33.6 Å². The summed E-state index contributed by atoms with van der Waals surface area (Å²) in [5.74, 6) is 0. The van der Waals surface area contributed by atoms with Crippen molar-refractivity contribution >= 4 is 22.6 Å². The Morgan fingerprint density at radius 2 is 1.12 bits per heavy atom. The molecule has 2 nitrogen and oxygen atoms in total. The number of halogens is 1. The summed E-state index contributed by atoms with van der Waals surface area (Å²) in [6.07, 6.45) is 3.63. The molecule has 2 aromatic carbocycles. The fraction of sp³-hybridized carbons (Fsp3) is 0.